The molecule has 0 heterocycles. The number of halogens is 3. The first-order chi connectivity index (χ1) is 15.4. The van der Waals surface area contributed by atoms with Gasteiger partial charge in [-0.25, -0.2) is 5.57 Å². The SMILES string of the molecule is COc1cccc([Si](c2ccccc2)(c2cccc(OC)c2)C2(C)[C-]=C(C)C(C)=C2C)c1.[Cl-].[Cl-].[Cl-].[Ti+4]. The molecule has 0 bridgehead atoms. The normalized spacial score (nSPS) is 16.4. The van der Waals surface area contributed by atoms with Crippen molar-refractivity contribution >= 4 is 23.6 Å². The molecule has 0 N–H and O–H groups in total. The van der Waals surface area contributed by atoms with Crippen molar-refractivity contribution in [1.82, 2.24) is 0 Å². The molecule has 0 radical (unpaired) electrons. The first kappa shape index (κ1) is 34.5. The molecule has 3 aromatic rings. The van der Waals surface area contributed by atoms with Gasteiger partial charge in [0.25, 0.3) is 0 Å². The molecule has 1 unspecified atom stereocenters. The zero-order valence-corrected chi connectivity index (χ0v) is 26.3. The Bertz CT molecular complexity index is 1170. The molecule has 0 fully saturated rings. The van der Waals surface area contributed by atoms with E-state index in [0.717, 1.165) is 11.5 Å². The summed E-state index contributed by atoms with van der Waals surface area (Å²) < 4.78 is 11.4. The van der Waals surface area contributed by atoms with Crippen LogP contribution in [0.5, 0.6) is 11.5 Å². The van der Waals surface area contributed by atoms with Crippen molar-refractivity contribution in [2.24, 2.45) is 0 Å². The minimum Gasteiger partial charge on any atom is -1.00 e. The maximum absolute atomic E-state index is 5.69. The maximum Gasteiger partial charge on any atom is 4.00 e. The van der Waals surface area contributed by atoms with Crippen LogP contribution in [0.1, 0.15) is 27.7 Å². The maximum atomic E-state index is 5.69. The van der Waals surface area contributed by atoms with Crippen molar-refractivity contribution in [3.8, 4) is 11.5 Å². The van der Waals surface area contributed by atoms with Gasteiger partial charge in [-0.3, -0.25) is 6.08 Å². The summed E-state index contributed by atoms with van der Waals surface area (Å²) in [6.45, 7) is 9.07. The largest absolute Gasteiger partial charge is 4.00 e. The minimum atomic E-state index is -2.71. The van der Waals surface area contributed by atoms with Crippen LogP contribution in [0.2, 0.25) is 5.04 Å². The third kappa shape index (κ3) is 5.53. The summed E-state index contributed by atoms with van der Waals surface area (Å²) in [5, 5.41) is 3.67. The van der Waals surface area contributed by atoms with E-state index in [2.05, 4.69) is 101 Å². The van der Waals surface area contributed by atoms with Crippen molar-refractivity contribution < 1.29 is 68.4 Å². The molecule has 7 heteroatoms. The third-order valence-corrected chi connectivity index (χ3v) is 12.8. The molecule has 0 saturated heterocycles. The molecule has 4 rings (SSSR count). The van der Waals surface area contributed by atoms with Gasteiger partial charge in [0, 0.05) is 0 Å². The Morgan fingerprint density at radius 2 is 1.11 bits per heavy atom. The topological polar surface area (TPSA) is 18.5 Å². The van der Waals surface area contributed by atoms with Crippen LogP contribution in [0.25, 0.3) is 0 Å². The van der Waals surface area contributed by atoms with Gasteiger partial charge in [0.05, 0.1) is 14.2 Å². The van der Waals surface area contributed by atoms with Crippen LogP contribution in [0.4, 0.5) is 0 Å². The predicted octanol–water partition coefficient (Wildman–Crippen LogP) is -3.96. The quantitative estimate of drug-likeness (QED) is 0.165. The third-order valence-electron chi connectivity index (χ3n) is 7.27. The second kappa shape index (κ2) is 13.9. The minimum absolute atomic E-state index is 0. The second-order valence-electron chi connectivity index (χ2n) is 8.70. The van der Waals surface area contributed by atoms with Crippen molar-refractivity contribution in [3.63, 3.8) is 0 Å². The fourth-order valence-corrected chi connectivity index (χ4v) is 11.3. The number of hydrogen-bond acceptors (Lipinski definition) is 2. The van der Waals surface area contributed by atoms with E-state index < -0.39 is 8.07 Å². The number of benzene rings is 3. The fourth-order valence-electron chi connectivity index (χ4n) is 5.36. The molecular formula is C29H31Cl3O2SiTi. The van der Waals surface area contributed by atoms with Gasteiger partial charge in [0.2, 0.25) is 0 Å². The Balaban J connectivity index is 0.00000306. The molecule has 188 valence electrons. The van der Waals surface area contributed by atoms with E-state index in [0.29, 0.717) is 0 Å². The van der Waals surface area contributed by atoms with Gasteiger partial charge in [-0.05, 0) is 39.8 Å². The van der Waals surface area contributed by atoms with Crippen LogP contribution in [0, 0.1) is 6.08 Å². The molecule has 36 heavy (non-hydrogen) atoms. The summed E-state index contributed by atoms with van der Waals surface area (Å²) in [4.78, 5) is 0. The van der Waals surface area contributed by atoms with Crippen LogP contribution >= 0.6 is 0 Å². The molecule has 0 saturated carbocycles. The van der Waals surface area contributed by atoms with Crippen LogP contribution in [-0.2, 0) is 21.7 Å². The average Bonchev–Trinajstić information content (AvgIpc) is 3.03. The monoisotopic (exact) mass is 592 g/mol. The fraction of sp³-hybridized carbons (Fsp3) is 0.241. The predicted molar refractivity (Wildman–Crippen MR) is 136 cm³/mol. The Morgan fingerprint density at radius 1 is 0.667 bits per heavy atom. The van der Waals surface area contributed by atoms with Gasteiger partial charge in [-0.15, -0.1) is 6.92 Å². The zero-order valence-electron chi connectivity index (χ0n) is 21.5. The summed E-state index contributed by atoms with van der Waals surface area (Å²) in [6, 6.07) is 28.2. The van der Waals surface area contributed by atoms with Crippen molar-refractivity contribution in [2.45, 2.75) is 32.7 Å². The van der Waals surface area contributed by atoms with E-state index in [4.69, 9.17) is 9.47 Å². The van der Waals surface area contributed by atoms with Gasteiger partial charge in [0.15, 0.2) is 0 Å². The molecule has 0 amide bonds. The number of hydrogen-bond donors (Lipinski definition) is 0. The van der Waals surface area contributed by atoms with Crippen molar-refractivity contribution in [3.05, 3.63) is 102 Å². The van der Waals surface area contributed by atoms with E-state index in [-0.39, 0.29) is 64.0 Å². The van der Waals surface area contributed by atoms with E-state index in [9.17, 15) is 0 Å². The van der Waals surface area contributed by atoms with Crippen LogP contribution in [-0.4, -0.2) is 22.3 Å². The Hall–Kier alpha value is -1.46. The van der Waals surface area contributed by atoms with Crippen LogP contribution in [0.3, 0.4) is 0 Å². The average molecular weight is 594 g/mol. The molecular weight excluding hydrogens is 563 g/mol. The molecule has 3 aromatic carbocycles. The Kier molecular flexibility index (Phi) is 13.3. The van der Waals surface area contributed by atoms with Gasteiger partial charge in [0.1, 0.15) is 19.6 Å². The van der Waals surface area contributed by atoms with E-state index in [1.54, 1.807) is 14.2 Å². The summed E-state index contributed by atoms with van der Waals surface area (Å²) in [5.41, 5.74) is 3.96. The summed E-state index contributed by atoms with van der Waals surface area (Å²) >= 11 is 0. The number of ether oxygens (including phenoxy) is 2. The summed E-state index contributed by atoms with van der Waals surface area (Å²) in [7, 11) is 0.764. The second-order valence-corrected chi connectivity index (χ2v) is 12.9. The smallest absolute Gasteiger partial charge is 1.00 e. The first-order valence-corrected chi connectivity index (χ1v) is 13.0. The molecule has 1 aliphatic rings. The van der Waals surface area contributed by atoms with E-state index in [1.807, 2.05) is 12.1 Å². The van der Waals surface area contributed by atoms with Crippen molar-refractivity contribution in [2.75, 3.05) is 14.2 Å². The number of methoxy groups -OCH3 is 2. The molecule has 1 aliphatic carbocycles. The van der Waals surface area contributed by atoms with E-state index in [1.165, 1.54) is 32.3 Å². The van der Waals surface area contributed by atoms with Gasteiger partial charge < -0.3 is 46.7 Å². The van der Waals surface area contributed by atoms with Crippen molar-refractivity contribution in [1.29, 1.82) is 0 Å². The van der Waals surface area contributed by atoms with E-state index >= 15 is 0 Å². The zero-order chi connectivity index (χ0) is 22.9. The Morgan fingerprint density at radius 3 is 1.50 bits per heavy atom. The van der Waals surface area contributed by atoms with Crippen LogP contribution in [0.15, 0.2) is 95.6 Å². The number of allylic oxidation sites excluding steroid dienone is 4. The first-order valence-electron chi connectivity index (χ1n) is 11.0. The summed E-state index contributed by atoms with van der Waals surface area (Å²) in [5.74, 6) is 1.75. The summed E-state index contributed by atoms with van der Waals surface area (Å²) in [6.07, 6.45) is 3.96. The van der Waals surface area contributed by atoms with Gasteiger partial charge in [-0.2, -0.15) is 11.1 Å². The molecule has 1 atom stereocenters. The standard InChI is InChI=1S/C29H31O2Si.3ClH.Ti/c1-21-20-29(4,23(3)22(21)2)32(26-14-8-7-9-15-26,27-16-10-12-24(18-27)30-5)28-17-11-13-25(19-28)31-6;;;;/h7-19H,1-6H3;3*1H;/q-1;;;;+4/p-3. The molecule has 0 spiro atoms. The Labute approximate surface area is 250 Å². The number of rotatable bonds is 6. The molecule has 0 aromatic heterocycles. The van der Waals surface area contributed by atoms with Gasteiger partial charge in [-0.1, -0.05) is 80.4 Å². The van der Waals surface area contributed by atoms with Gasteiger partial charge >= 0.3 is 21.7 Å². The molecule has 2 nitrogen and oxygen atoms in total. The van der Waals surface area contributed by atoms with Crippen LogP contribution < -0.4 is 62.3 Å². The molecule has 0 aliphatic heterocycles.